The summed E-state index contributed by atoms with van der Waals surface area (Å²) in [5, 5.41) is 10.0. The van der Waals surface area contributed by atoms with Crippen molar-refractivity contribution in [3.05, 3.63) is 34.9 Å². The molecule has 0 aliphatic heterocycles. The highest BCUT2D eigenvalue weighted by Gasteiger charge is 2.45. The van der Waals surface area contributed by atoms with E-state index in [2.05, 4.69) is 13.8 Å². The summed E-state index contributed by atoms with van der Waals surface area (Å²) in [7, 11) is 0. The van der Waals surface area contributed by atoms with E-state index >= 15 is 0 Å². The molecule has 1 aromatic carbocycles. The highest BCUT2D eigenvalue weighted by atomic mass is 16.3. The molecule has 0 saturated heterocycles. The minimum Gasteiger partial charge on any atom is -0.386 e. The zero-order valence-corrected chi connectivity index (χ0v) is 8.75. The first-order chi connectivity index (χ1) is 6.53. The zero-order valence-electron chi connectivity index (χ0n) is 8.75. The SMILES string of the molecule is Cc1ccc(C(O)C2(N)CC2)cc1C. The number of benzene rings is 1. The van der Waals surface area contributed by atoms with E-state index < -0.39 is 6.10 Å². The summed E-state index contributed by atoms with van der Waals surface area (Å²) in [6, 6.07) is 6.05. The van der Waals surface area contributed by atoms with Gasteiger partial charge in [0.2, 0.25) is 0 Å². The maximum absolute atomic E-state index is 10.0. The minimum absolute atomic E-state index is 0.346. The molecular formula is C12H17NO. The molecule has 0 radical (unpaired) electrons. The molecular weight excluding hydrogens is 174 g/mol. The molecule has 76 valence electrons. The number of rotatable bonds is 2. The van der Waals surface area contributed by atoms with Gasteiger partial charge in [-0.3, -0.25) is 0 Å². The van der Waals surface area contributed by atoms with Crippen LogP contribution in [0.15, 0.2) is 18.2 Å². The van der Waals surface area contributed by atoms with Crippen molar-refractivity contribution < 1.29 is 5.11 Å². The van der Waals surface area contributed by atoms with Gasteiger partial charge in [-0.2, -0.15) is 0 Å². The molecule has 0 bridgehead atoms. The van der Waals surface area contributed by atoms with Crippen LogP contribution in [0.4, 0.5) is 0 Å². The van der Waals surface area contributed by atoms with Gasteiger partial charge in [0.15, 0.2) is 0 Å². The van der Waals surface area contributed by atoms with Crippen LogP contribution in [0, 0.1) is 13.8 Å². The predicted molar refractivity (Wildman–Crippen MR) is 57.0 cm³/mol. The Kier molecular flexibility index (Phi) is 2.13. The number of aryl methyl sites for hydroxylation is 2. The standard InChI is InChI=1S/C12H17NO/c1-8-3-4-10(7-9(8)2)11(14)12(13)5-6-12/h3-4,7,11,14H,5-6,13H2,1-2H3. The minimum atomic E-state index is -0.498. The van der Waals surface area contributed by atoms with Crippen molar-refractivity contribution in [1.82, 2.24) is 0 Å². The lowest BCUT2D eigenvalue weighted by Gasteiger charge is -2.18. The number of hydrogen-bond donors (Lipinski definition) is 2. The Labute approximate surface area is 84.7 Å². The summed E-state index contributed by atoms with van der Waals surface area (Å²) >= 11 is 0. The third kappa shape index (κ3) is 1.56. The Balaban J connectivity index is 2.28. The van der Waals surface area contributed by atoms with Gasteiger partial charge >= 0.3 is 0 Å². The van der Waals surface area contributed by atoms with Crippen molar-refractivity contribution in [1.29, 1.82) is 0 Å². The van der Waals surface area contributed by atoms with Gasteiger partial charge in [0, 0.05) is 5.54 Å². The van der Waals surface area contributed by atoms with Crippen LogP contribution in [0.3, 0.4) is 0 Å². The summed E-state index contributed by atoms with van der Waals surface area (Å²) in [4.78, 5) is 0. The lowest BCUT2D eigenvalue weighted by atomic mass is 9.97. The number of hydrogen-bond acceptors (Lipinski definition) is 2. The van der Waals surface area contributed by atoms with E-state index in [0.717, 1.165) is 18.4 Å². The van der Waals surface area contributed by atoms with E-state index in [-0.39, 0.29) is 5.54 Å². The van der Waals surface area contributed by atoms with Crippen LogP contribution >= 0.6 is 0 Å². The Morgan fingerprint density at radius 3 is 2.43 bits per heavy atom. The Morgan fingerprint density at radius 1 is 1.29 bits per heavy atom. The van der Waals surface area contributed by atoms with Crippen LogP contribution in [0.2, 0.25) is 0 Å². The smallest absolute Gasteiger partial charge is 0.0969 e. The fourth-order valence-electron chi connectivity index (χ4n) is 1.68. The van der Waals surface area contributed by atoms with Crippen molar-refractivity contribution >= 4 is 0 Å². The zero-order chi connectivity index (χ0) is 10.3. The maximum Gasteiger partial charge on any atom is 0.0969 e. The fraction of sp³-hybridized carbons (Fsp3) is 0.500. The second-order valence-electron chi connectivity index (χ2n) is 4.48. The molecule has 0 aromatic heterocycles. The highest BCUT2D eigenvalue weighted by Crippen LogP contribution is 2.43. The normalized spacial score (nSPS) is 20.6. The van der Waals surface area contributed by atoms with Crippen LogP contribution in [-0.4, -0.2) is 10.6 Å². The van der Waals surface area contributed by atoms with Gasteiger partial charge in [0.05, 0.1) is 6.10 Å². The molecule has 0 amide bonds. The number of aliphatic hydroxyl groups is 1. The summed E-state index contributed by atoms with van der Waals surface area (Å²) in [6.45, 7) is 4.13. The van der Waals surface area contributed by atoms with Gasteiger partial charge in [0.25, 0.3) is 0 Å². The molecule has 0 spiro atoms. The van der Waals surface area contributed by atoms with Crippen molar-refractivity contribution in [3.63, 3.8) is 0 Å². The Morgan fingerprint density at radius 2 is 1.93 bits per heavy atom. The highest BCUT2D eigenvalue weighted by molar-refractivity contribution is 5.33. The van der Waals surface area contributed by atoms with Gasteiger partial charge in [0.1, 0.15) is 0 Å². The molecule has 2 nitrogen and oxygen atoms in total. The van der Waals surface area contributed by atoms with Crippen LogP contribution in [0.5, 0.6) is 0 Å². The van der Waals surface area contributed by atoms with Gasteiger partial charge in [-0.25, -0.2) is 0 Å². The van der Waals surface area contributed by atoms with Crippen molar-refractivity contribution in [3.8, 4) is 0 Å². The van der Waals surface area contributed by atoms with Gasteiger partial charge in [-0.1, -0.05) is 18.2 Å². The van der Waals surface area contributed by atoms with Gasteiger partial charge in [-0.05, 0) is 43.4 Å². The fourth-order valence-corrected chi connectivity index (χ4v) is 1.68. The van der Waals surface area contributed by atoms with Crippen LogP contribution in [-0.2, 0) is 0 Å². The van der Waals surface area contributed by atoms with E-state index in [9.17, 15) is 5.11 Å². The summed E-state index contributed by atoms with van der Waals surface area (Å²) in [6.07, 6.45) is 1.36. The molecule has 1 unspecified atom stereocenters. The third-order valence-electron chi connectivity index (χ3n) is 3.22. The first-order valence-electron chi connectivity index (χ1n) is 5.07. The average Bonchev–Trinajstić information content (AvgIpc) is 2.89. The third-order valence-corrected chi connectivity index (χ3v) is 3.22. The molecule has 14 heavy (non-hydrogen) atoms. The monoisotopic (exact) mass is 191 g/mol. The first kappa shape index (κ1) is 9.69. The Bertz CT molecular complexity index is 355. The molecule has 3 N–H and O–H groups in total. The van der Waals surface area contributed by atoms with Crippen LogP contribution in [0.1, 0.15) is 35.6 Å². The second-order valence-corrected chi connectivity index (χ2v) is 4.48. The van der Waals surface area contributed by atoms with Crippen molar-refractivity contribution in [2.75, 3.05) is 0 Å². The molecule has 2 heteroatoms. The van der Waals surface area contributed by atoms with E-state index in [1.807, 2.05) is 18.2 Å². The summed E-state index contributed by atoms with van der Waals surface area (Å²) in [5.41, 5.74) is 9.03. The van der Waals surface area contributed by atoms with E-state index in [0.29, 0.717) is 0 Å². The molecule has 1 aromatic rings. The maximum atomic E-state index is 10.0. The quantitative estimate of drug-likeness (QED) is 0.749. The summed E-state index contributed by atoms with van der Waals surface area (Å²) in [5.74, 6) is 0. The van der Waals surface area contributed by atoms with E-state index in [4.69, 9.17) is 5.73 Å². The largest absolute Gasteiger partial charge is 0.386 e. The lowest BCUT2D eigenvalue weighted by molar-refractivity contribution is 0.136. The average molecular weight is 191 g/mol. The topological polar surface area (TPSA) is 46.2 Å². The van der Waals surface area contributed by atoms with Crippen LogP contribution in [0.25, 0.3) is 0 Å². The van der Waals surface area contributed by atoms with Crippen LogP contribution < -0.4 is 5.73 Å². The molecule has 1 fully saturated rings. The van der Waals surface area contributed by atoms with Gasteiger partial charge in [-0.15, -0.1) is 0 Å². The van der Waals surface area contributed by atoms with Gasteiger partial charge < -0.3 is 10.8 Å². The molecule has 0 heterocycles. The molecule has 1 aliphatic rings. The molecule has 1 aliphatic carbocycles. The molecule has 2 rings (SSSR count). The molecule has 1 atom stereocenters. The second kappa shape index (κ2) is 3.07. The van der Waals surface area contributed by atoms with Crippen molar-refractivity contribution in [2.24, 2.45) is 5.73 Å². The van der Waals surface area contributed by atoms with E-state index in [1.54, 1.807) is 0 Å². The number of aliphatic hydroxyl groups excluding tert-OH is 1. The molecule has 1 saturated carbocycles. The number of nitrogens with two attached hydrogens (primary N) is 1. The first-order valence-corrected chi connectivity index (χ1v) is 5.07. The lowest BCUT2D eigenvalue weighted by Crippen LogP contribution is -2.30. The summed E-state index contributed by atoms with van der Waals surface area (Å²) < 4.78 is 0. The Hall–Kier alpha value is -0.860. The van der Waals surface area contributed by atoms with Crippen molar-refractivity contribution in [2.45, 2.75) is 38.3 Å². The van der Waals surface area contributed by atoms with E-state index in [1.165, 1.54) is 11.1 Å². The predicted octanol–water partition coefficient (Wildman–Crippen LogP) is 1.83.